The Morgan fingerprint density at radius 3 is 1.23 bits per heavy atom. The predicted molar refractivity (Wildman–Crippen MR) is 425 cm³/mol. The molecule has 16 rings (SSSR count). The predicted octanol–water partition coefficient (Wildman–Crippen LogP) is 21.7. The first kappa shape index (κ1) is 63.0. The maximum atomic E-state index is 5.98. The lowest BCUT2D eigenvalue weighted by molar-refractivity contribution is -0.433. The third kappa shape index (κ3) is 9.62. The fourth-order valence-electron chi connectivity index (χ4n) is 18.3. The number of benzene rings is 10. The van der Waals surface area contributed by atoms with Crippen molar-refractivity contribution >= 4 is 110 Å². The van der Waals surface area contributed by atoms with E-state index in [1.807, 2.05) is 11.4 Å². The molecule has 486 valence electrons. The van der Waals surface area contributed by atoms with E-state index < -0.39 is 0 Å². The van der Waals surface area contributed by atoms with Gasteiger partial charge >= 0.3 is 0 Å². The summed E-state index contributed by atoms with van der Waals surface area (Å²) in [7, 11) is 0. The Bertz CT molecular complexity index is 5190. The zero-order valence-corrected chi connectivity index (χ0v) is 59.9. The molecule has 0 fully saturated rings. The molecule has 0 saturated heterocycles. The second-order valence-corrected chi connectivity index (χ2v) is 30.5. The molecule has 10 aromatic rings. The summed E-state index contributed by atoms with van der Waals surface area (Å²) in [5.41, 5.74) is 25.0. The molecule has 5 nitrogen and oxygen atoms in total. The van der Waals surface area contributed by atoms with Crippen LogP contribution in [0.5, 0.6) is 0 Å². The van der Waals surface area contributed by atoms with Crippen molar-refractivity contribution in [2.24, 2.45) is 4.99 Å². The first-order chi connectivity index (χ1) is 47.5. The highest BCUT2D eigenvalue weighted by molar-refractivity contribution is 7.81. The topological polar surface area (TPSA) is 25.1 Å². The molecule has 0 amide bonds. The van der Waals surface area contributed by atoms with Crippen LogP contribution in [0.25, 0.3) is 59.8 Å². The van der Waals surface area contributed by atoms with Gasteiger partial charge in [0.25, 0.3) is 0 Å². The monoisotopic (exact) mass is 1300 g/mol. The number of hydrogen-bond acceptors (Lipinski definition) is 4. The van der Waals surface area contributed by atoms with Gasteiger partial charge in [0, 0.05) is 110 Å². The lowest BCUT2D eigenvalue weighted by Gasteiger charge is -2.26. The molecule has 0 aromatic heterocycles. The fourth-order valence-corrected chi connectivity index (χ4v) is 19.4. The van der Waals surface area contributed by atoms with Crippen molar-refractivity contribution in [2.45, 2.75) is 111 Å². The van der Waals surface area contributed by atoms with E-state index in [0.29, 0.717) is 6.54 Å². The number of anilines is 3. The van der Waals surface area contributed by atoms with E-state index in [-0.39, 0.29) is 27.6 Å². The van der Waals surface area contributed by atoms with Gasteiger partial charge in [0.15, 0.2) is 22.8 Å². The molecule has 1 unspecified atom stereocenters. The van der Waals surface area contributed by atoms with Gasteiger partial charge in [0.05, 0.1) is 17.7 Å². The first-order valence-corrected chi connectivity index (χ1v) is 36.8. The minimum absolute atomic E-state index is 0.0779. The molecule has 1 atom stereocenters. The smallest absolute Gasteiger partial charge is 0.240 e. The molecule has 0 spiro atoms. The van der Waals surface area contributed by atoms with Crippen LogP contribution in [0.1, 0.15) is 134 Å². The van der Waals surface area contributed by atoms with Crippen molar-refractivity contribution in [3.8, 4) is 0 Å². The number of aliphatic imine (C=N–C) groups is 1. The normalized spacial score (nSPS) is 21.3. The third-order valence-electron chi connectivity index (χ3n) is 22.7. The minimum atomic E-state index is -0.248. The SMILES string of the molecule is CCN1C(=CC=C2C(=[S+]CCN=C3C(=CC=C4N(CC)c5ccc6ccccc6c5C4(C)C)c4ccccc4C3/C=C\C3=[N+](CC)c4ccc5ccccc5c4C3(C)C)C(=CC=C3N(CC)c4ccc5ccccc5c4C3(C)C)c3ccccc32)C(C)(C)c2c1ccc1ccccc21. The van der Waals surface area contributed by atoms with Gasteiger partial charge in [-0.25, -0.2) is 0 Å². The molecule has 0 bridgehead atoms. The summed E-state index contributed by atoms with van der Waals surface area (Å²) < 4.78 is 2.55. The Balaban J connectivity index is 0.849. The summed E-state index contributed by atoms with van der Waals surface area (Å²) in [6.07, 6.45) is 19.7. The fraction of sp³-hybridized carbons (Fsp3) is 0.250. The van der Waals surface area contributed by atoms with E-state index in [2.05, 4.69) is 345 Å². The van der Waals surface area contributed by atoms with Crippen LogP contribution in [0.15, 0.2) is 265 Å². The van der Waals surface area contributed by atoms with Crippen molar-refractivity contribution in [2.75, 3.05) is 53.2 Å². The molecule has 98 heavy (non-hydrogen) atoms. The third-order valence-corrected chi connectivity index (χ3v) is 23.8. The summed E-state index contributed by atoms with van der Waals surface area (Å²) in [5, 5.41) is 10.4. The van der Waals surface area contributed by atoms with Gasteiger partial charge in [0.2, 0.25) is 10.6 Å². The molecule has 4 aliphatic heterocycles. The van der Waals surface area contributed by atoms with Crippen LogP contribution >= 0.6 is 0 Å². The van der Waals surface area contributed by atoms with Crippen LogP contribution in [0.2, 0.25) is 0 Å². The summed E-state index contributed by atoms with van der Waals surface area (Å²) in [5.74, 6) is 0.699. The number of nitrogens with zero attached hydrogens (tertiary/aromatic N) is 5. The molecule has 0 N–H and O–H groups in total. The van der Waals surface area contributed by atoms with Gasteiger partial charge in [-0.15, -0.1) is 0 Å². The number of hydrogen-bond donors (Lipinski definition) is 0. The molecule has 2 aliphatic carbocycles. The van der Waals surface area contributed by atoms with E-state index in [1.165, 1.54) is 155 Å². The van der Waals surface area contributed by atoms with Gasteiger partial charge in [-0.1, -0.05) is 217 Å². The van der Waals surface area contributed by atoms with Crippen LogP contribution in [-0.2, 0) is 33.0 Å². The van der Waals surface area contributed by atoms with Crippen LogP contribution in [0.4, 0.5) is 22.7 Å². The summed E-state index contributed by atoms with van der Waals surface area (Å²) in [4.78, 5) is 14.9. The summed E-state index contributed by atoms with van der Waals surface area (Å²) >= 11 is 1.96. The van der Waals surface area contributed by atoms with E-state index in [0.717, 1.165) is 37.6 Å². The molecular formula is C92H89N5S+2. The Labute approximate surface area is 584 Å². The molecule has 10 aromatic carbocycles. The average molecular weight is 1300 g/mol. The van der Waals surface area contributed by atoms with Crippen molar-refractivity contribution < 1.29 is 4.58 Å². The number of likely N-dealkylation sites (N-methyl/N-ethyl adjacent to an activating group) is 3. The Morgan fingerprint density at radius 1 is 0.408 bits per heavy atom. The molecule has 6 aliphatic rings. The highest BCUT2D eigenvalue weighted by Crippen LogP contribution is 2.55. The average Bonchev–Trinajstić information content (AvgIpc) is 1.58. The maximum Gasteiger partial charge on any atom is 0.240 e. The Kier molecular flexibility index (Phi) is 15.5. The highest BCUT2D eigenvalue weighted by atomic mass is 32.1. The van der Waals surface area contributed by atoms with Crippen molar-refractivity contribution in [1.29, 1.82) is 0 Å². The molecular weight excluding hydrogens is 1210 g/mol. The summed E-state index contributed by atoms with van der Waals surface area (Å²) in [6, 6.07) is 72.6. The second kappa shape index (κ2) is 24.1. The summed E-state index contributed by atoms with van der Waals surface area (Å²) in [6.45, 7) is 32.7. The Hall–Kier alpha value is -9.75. The number of rotatable bonds is 12. The van der Waals surface area contributed by atoms with Crippen molar-refractivity contribution in [3.05, 3.63) is 304 Å². The zero-order valence-electron chi connectivity index (χ0n) is 59.1. The van der Waals surface area contributed by atoms with Crippen LogP contribution < -0.4 is 14.7 Å². The molecule has 0 radical (unpaired) electrons. The van der Waals surface area contributed by atoms with Gasteiger partial charge in [-0.3, -0.25) is 4.99 Å². The molecule has 0 saturated carbocycles. The largest absolute Gasteiger partial charge is 0.344 e. The highest BCUT2D eigenvalue weighted by Gasteiger charge is 2.48. The zero-order chi connectivity index (χ0) is 67.6. The van der Waals surface area contributed by atoms with E-state index in [4.69, 9.17) is 4.99 Å². The van der Waals surface area contributed by atoms with E-state index in [1.54, 1.807) is 0 Å². The quantitative estimate of drug-likeness (QED) is 0.0401. The van der Waals surface area contributed by atoms with Crippen LogP contribution in [0, 0.1) is 0 Å². The van der Waals surface area contributed by atoms with Crippen LogP contribution in [0.3, 0.4) is 0 Å². The van der Waals surface area contributed by atoms with Gasteiger partial charge in [-0.05, 0) is 178 Å². The maximum absolute atomic E-state index is 5.98. The Morgan fingerprint density at radius 2 is 0.796 bits per heavy atom. The minimum Gasteiger partial charge on any atom is -0.344 e. The van der Waals surface area contributed by atoms with E-state index in [9.17, 15) is 0 Å². The number of fused-ring (bicyclic) bond motifs is 14. The lowest BCUT2D eigenvalue weighted by atomic mass is 9.78. The first-order valence-electron chi connectivity index (χ1n) is 35.8. The molecule has 4 heterocycles. The standard InChI is InChI=1S/C92H89N5S/c1-13-94-75-49-41-59-29-17-21-33-63(59)83(75)89(5,6)79(94)53-45-71-67-37-25-26-38-68(67)72(46-54-80-90(7,8)84-64-34-22-18-30-60(64)42-50-76(84)95(80)14-2)87(71)93-57-58-98-88-73(47-55-81-91(9,10)85-65-35-23-19-31-61(65)43-51-77(85)96(81)15-3)69-39-27-28-40-70(69)74(88)48-56-82-92(11,12)86-66-36-24-20-32-62(66)44-52-78(86)97(82)16-4/h17-56,71H,13-16,57-58H2,1-12H3/q+2/b53-45-,72-46?,73-47?,74-48?,80-54?,81-55?,82-56?,93-87?. The van der Waals surface area contributed by atoms with Crippen molar-refractivity contribution in [3.63, 3.8) is 0 Å². The second-order valence-electron chi connectivity index (χ2n) is 29.4. The van der Waals surface area contributed by atoms with Crippen LogP contribution in [-0.4, -0.2) is 59.3 Å². The van der Waals surface area contributed by atoms with Gasteiger partial charge < -0.3 is 14.7 Å². The van der Waals surface area contributed by atoms with Gasteiger partial charge in [0.1, 0.15) is 6.54 Å². The number of allylic oxidation sites excluding steroid dienone is 14. The van der Waals surface area contributed by atoms with E-state index >= 15 is 0 Å². The molecule has 6 heteroatoms. The van der Waals surface area contributed by atoms with Gasteiger partial charge in [-0.2, -0.15) is 4.58 Å². The van der Waals surface area contributed by atoms with Crippen molar-refractivity contribution in [1.82, 2.24) is 0 Å². The lowest BCUT2D eigenvalue weighted by Crippen LogP contribution is -2.28.